The van der Waals surface area contributed by atoms with E-state index in [0.29, 0.717) is 12.8 Å². The van der Waals surface area contributed by atoms with Crippen molar-refractivity contribution in [3.8, 4) is 0 Å². The zero-order valence-corrected chi connectivity index (χ0v) is 20.6. The molecule has 4 N–H and O–H groups in total. The van der Waals surface area contributed by atoms with Crippen molar-refractivity contribution in [1.29, 1.82) is 0 Å². The van der Waals surface area contributed by atoms with Crippen molar-refractivity contribution >= 4 is 0 Å². The maximum absolute atomic E-state index is 9.08. The predicted octanol–water partition coefficient (Wildman–Crippen LogP) is 5.86. The Labute approximate surface area is 192 Å². The number of ether oxygens (including phenoxy) is 2. The molecular formula is C26H53NO4. The summed E-state index contributed by atoms with van der Waals surface area (Å²) in [6.07, 6.45) is 22.9. The van der Waals surface area contributed by atoms with E-state index in [1.165, 1.54) is 77.0 Å². The van der Waals surface area contributed by atoms with E-state index < -0.39 is 0 Å². The Kier molecular flexibility index (Phi) is 23.8. The number of rotatable bonds is 24. The highest BCUT2D eigenvalue weighted by atomic mass is 16.7. The van der Waals surface area contributed by atoms with Crippen molar-refractivity contribution in [2.75, 3.05) is 19.8 Å². The Hall–Kier alpha value is -0.460. The van der Waals surface area contributed by atoms with Crippen molar-refractivity contribution in [3.05, 3.63) is 12.2 Å². The second-order valence-corrected chi connectivity index (χ2v) is 8.86. The van der Waals surface area contributed by atoms with Crippen LogP contribution in [0.15, 0.2) is 12.2 Å². The first kappa shape index (κ1) is 30.5. The van der Waals surface area contributed by atoms with E-state index in [4.69, 9.17) is 25.4 Å². The van der Waals surface area contributed by atoms with Gasteiger partial charge in [-0.15, -0.1) is 0 Å². The van der Waals surface area contributed by atoms with Crippen molar-refractivity contribution in [1.82, 2.24) is 0 Å². The van der Waals surface area contributed by atoms with E-state index >= 15 is 0 Å². The van der Waals surface area contributed by atoms with Crippen LogP contribution in [0.3, 0.4) is 0 Å². The molecule has 0 aromatic rings. The molecular weight excluding hydrogens is 390 g/mol. The highest BCUT2D eigenvalue weighted by Gasteiger charge is 2.16. The molecule has 0 aromatic heterocycles. The van der Waals surface area contributed by atoms with Gasteiger partial charge < -0.3 is 25.4 Å². The zero-order valence-electron chi connectivity index (χ0n) is 20.6. The molecule has 0 bridgehead atoms. The van der Waals surface area contributed by atoms with Gasteiger partial charge in [0.1, 0.15) is 0 Å². The predicted molar refractivity (Wildman–Crippen MR) is 131 cm³/mol. The third kappa shape index (κ3) is 22.5. The Morgan fingerprint density at radius 3 is 1.48 bits per heavy atom. The van der Waals surface area contributed by atoms with Gasteiger partial charge in [0.15, 0.2) is 6.29 Å². The molecule has 0 amide bonds. The molecule has 0 aliphatic carbocycles. The lowest BCUT2D eigenvalue weighted by molar-refractivity contribution is -0.195. The van der Waals surface area contributed by atoms with Gasteiger partial charge in [0.05, 0.1) is 12.2 Å². The molecule has 2 unspecified atom stereocenters. The molecule has 5 heteroatoms. The van der Waals surface area contributed by atoms with Crippen LogP contribution in [0, 0.1) is 0 Å². The van der Waals surface area contributed by atoms with Crippen molar-refractivity contribution in [2.24, 2.45) is 5.73 Å². The summed E-state index contributed by atoms with van der Waals surface area (Å²) in [6.45, 7) is 5.04. The average molecular weight is 444 g/mol. The maximum atomic E-state index is 9.08. The summed E-state index contributed by atoms with van der Waals surface area (Å²) in [5, 5.41) is 18.2. The normalized spacial score (nSPS) is 14.9. The fourth-order valence-corrected chi connectivity index (χ4v) is 3.64. The minimum Gasteiger partial charge on any atom is -0.396 e. The summed E-state index contributed by atoms with van der Waals surface area (Å²) in [5.41, 5.74) is 5.51. The van der Waals surface area contributed by atoms with Crippen LogP contribution in [0.25, 0.3) is 0 Å². The van der Waals surface area contributed by atoms with E-state index in [2.05, 4.69) is 12.2 Å². The maximum Gasteiger partial charge on any atom is 0.158 e. The van der Waals surface area contributed by atoms with Crippen LogP contribution in [0.5, 0.6) is 0 Å². The molecule has 0 heterocycles. The smallest absolute Gasteiger partial charge is 0.158 e. The lowest BCUT2D eigenvalue weighted by Gasteiger charge is -2.25. The number of nitrogens with two attached hydrogens (primary N) is 1. The number of aliphatic hydroxyl groups is 2. The standard InChI is InChI=1S/C26H53NO4/c1-24(19-22-28)30-26(31-25(2)20-23-29)18-16-14-12-10-8-6-4-3-5-7-9-11-13-15-17-21-27/h3-4,24-26,28-29H,5-23,27H2,1-2H3/b4-3-. The summed E-state index contributed by atoms with van der Waals surface area (Å²) in [6, 6.07) is 0. The fourth-order valence-electron chi connectivity index (χ4n) is 3.64. The van der Waals surface area contributed by atoms with Gasteiger partial charge in [0.2, 0.25) is 0 Å². The Morgan fingerprint density at radius 2 is 1.03 bits per heavy atom. The van der Waals surface area contributed by atoms with Crippen molar-refractivity contribution < 1.29 is 19.7 Å². The Morgan fingerprint density at radius 1 is 0.613 bits per heavy atom. The Bertz CT molecular complexity index is 364. The monoisotopic (exact) mass is 443 g/mol. The molecule has 0 aliphatic rings. The van der Waals surface area contributed by atoms with E-state index in [0.717, 1.165) is 19.4 Å². The first-order valence-corrected chi connectivity index (χ1v) is 13.0. The van der Waals surface area contributed by atoms with E-state index in [9.17, 15) is 0 Å². The molecule has 0 saturated carbocycles. The first-order valence-electron chi connectivity index (χ1n) is 13.0. The van der Waals surface area contributed by atoms with Crippen LogP contribution in [0.2, 0.25) is 0 Å². The summed E-state index contributed by atoms with van der Waals surface area (Å²) in [7, 11) is 0. The third-order valence-corrected chi connectivity index (χ3v) is 5.64. The number of hydrogen-bond donors (Lipinski definition) is 3. The van der Waals surface area contributed by atoms with Crippen LogP contribution >= 0.6 is 0 Å². The van der Waals surface area contributed by atoms with Crippen LogP contribution in [0.4, 0.5) is 0 Å². The minimum atomic E-state index is -0.244. The van der Waals surface area contributed by atoms with Gasteiger partial charge in [0.25, 0.3) is 0 Å². The van der Waals surface area contributed by atoms with E-state index in [-0.39, 0.29) is 31.7 Å². The van der Waals surface area contributed by atoms with Crippen LogP contribution in [0.1, 0.15) is 117 Å². The van der Waals surface area contributed by atoms with Gasteiger partial charge in [-0.05, 0) is 78.2 Å². The molecule has 0 aliphatic heterocycles. The summed E-state index contributed by atoms with van der Waals surface area (Å²) < 4.78 is 11.9. The lowest BCUT2D eigenvalue weighted by atomic mass is 10.1. The lowest BCUT2D eigenvalue weighted by Crippen LogP contribution is -2.28. The van der Waals surface area contributed by atoms with Crippen LogP contribution in [-0.2, 0) is 9.47 Å². The van der Waals surface area contributed by atoms with Gasteiger partial charge in [-0.25, -0.2) is 0 Å². The van der Waals surface area contributed by atoms with Crippen LogP contribution < -0.4 is 5.73 Å². The van der Waals surface area contributed by atoms with Gasteiger partial charge in [-0.3, -0.25) is 0 Å². The second-order valence-electron chi connectivity index (χ2n) is 8.86. The highest BCUT2D eigenvalue weighted by Crippen LogP contribution is 2.16. The summed E-state index contributed by atoms with van der Waals surface area (Å²) in [5.74, 6) is 0. The van der Waals surface area contributed by atoms with Gasteiger partial charge in [0, 0.05) is 13.2 Å². The van der Waals surface area contributed by atoms with Crippen LogP contribution in [-0.4, -0.2) is 48.5 Å². The zero-order chi connectivity index (χ0) is 23.0. The molecule has 31 heavy (non-hydrogen) atoms. The number of aliphatic hydroxyl groups excluding tert-OH is 2. The fraction of sp³-hybridized carbons (Fsp3) is 0.923. The topological polar surface area (TPSA) is 84.9 Å². The van der Waals surface area contributed by atoms with Gasteiger partial charge in [-0.1, -0.05) is 57.1 Å². The van der Waals surface area contributed by atoms with Crippen molar-refractivity contribution in [2.45, 2.75) is 135 Å². The molecule has 0 spiro atoms. The summed E-state index contributed by atoms with van der Waals surface area (Å²) in [4.78, 5) is 0. The van der Waals surface area contributed by atoms with Gasteiger partial charge >= 0.3 is 0 Å². The molecule has 0 rings (SSSR count). The largest absolute Gasteiger partial charge is 0.396 e. The second kappa shape index (κ2) is 24.2. The van der Waals surface area contributed by atoms with E-state index in [1.54, 1.807) is 0 Å². The average Bonchev–Trinajstić information content (AvgIpc) is 2.73. The minimum absolute atomic E-state index is 0.0146. The summed E-state index contributed by atoms with van der Waals surface area (Å²) >= 11 is 0. The molecule has 5 nitrogen and oxygen atoms in total. The van der Waals surface area contributed by atoms with E-state index in [1.807, 2.05) is 13.8 Å². The SMILES string of the molecule is CC(CCO)OC(CCCCCCC/C=C\CCCCCCCCN)OC(C)CCO. The number of allylic oxidation sites excluding steroid dienone is 2. The number of unbranched alkanes of at least 4 members (excludes halogenated alkanes) is 11. The molecule has 2 atom stereocenters. The number of hydrogen-bond acceptors (Lipinski definition) is 5. The molecule has 186 valence electrons. The van der Waals surface area contributed by atoms with Crippen molar-refractivity contribution in [3.63, 3.8) is 0 Å². The third-order valence-electron chi connectivity index (χ3n) is 5.64. The van der Waals surface area contributed by atoms with Gasteiger partial charge in [-0.2, -0.15) is 0 Å². The molecule has 0 radical (unpaired) electrons. The highest BCUT2D eigenvalue weighted by molar-refractivity contribution is 4.81. The quantitative estimate of drug-likeness (QED) is 0.0987. The molecule has 0 aromatic carbocycles. The first-order chi connectivity index (χ1) is 15.1. The molecule has 0 fully saturated rings. The Balaban J connectivity index is 3.68. The molecule has 0 saturated heterocycles.